The minimum atomic E-state index is 0. The van der Waals surface area contributed by atoms with E-state index in [0.29, 0.717) is 11.8 Å². The fourth-order valence-electron chi connectivity index (χ4n) is 3.53. The van der Waals surface area contributed by atoms with Crippen LogP contribution in [-0.4, -0.2) is 42.0 Å². The molecule has 1 atom stereocenters. The highest BCUT2D eigenvalue weighted by atomic mass is 35.5. The van der Waals surface area contributed by atoms with Crippen LogP contribution in [0.25, 0.3) is 0 Å². The lowest BCUT2D eigenvalue weighted by molar-refractivity contribution is -0.137. The van der Waals surface area contributed by atoms with Crippen LogP contribution in [0.1, 0.15) is 31.2 Å². The molecule has 6 heteroatoms. The first kappa shape index (κ1) is 20.2. The second-order valence-electron chi connectivity index (χ2n) is 6.38. The van der Waals surface area contributed by atoms with Crippen molar-refractivity contribution in [3.05, 3.63) is 30.1 Å². The van der Waals surface area contributed by atoms with E-state index in [1.165, 1.54) is 5.56 Å². The molecule has 0 saturated carbocycles. The minimum Gasteiger partial charge on any atom is -0.342 e. The average Bonchev–Trinajstić information content (AvgIpc) is 2.57. The fraction of sp³-hybridized carbons (Fsp3) is 0.647. The number of nitrogens with zero attached hydrogens (tertiary/aromatic N) is 2. The van der Waals surface area contributed by atoms with Crippen LogP contribution in [0.4, 0.5) is 0 Å². The second-order valence-corrected chi connectivity index (χ2v) is 6.38. The summed E-state index contributed by atoms with van der Waals surface area (Å²) in [6.07, 6.45) is 9.33. The Morgan fingerprint density at radius 1 is 1.26 bits per heavy atom. The summed E-state index contributed by atoms with van der Waals surface area (Å²) in [7, 11) is 0. The lowest BCUT2D eigenvalue weighted by Crippen LogP contribution is -2.46. The van der Waals surface area contributed by atoms with Gasteiger partial charge in [-0.3, -0.25) is 9.78 Å². The molecule has 1 amide bonds. The third-order valence-corrected chi connectivity index (χ3v) is 4.82. The molecule has 2 aliphatic heterocycles. The first-order chi connectivity index (χ1) is 10.3. The Kier molecular flexibility index (Phi) is 8.88. The highest BCUT2D eigenvalue weighted by molar-refractivity contribution is 5.85. The van der Waals surface area contributed by atoms with E-state index in [9.17, 15) is 4.79 Å². The van der Waals surface area contributed by atoms with Crippen molar-refractivity contribution >= 4 is 30.7 Å². The molecule has 4 nitrogen and oxygen atoms in total. The van der Waals surface area contributed by atoms with E-state index in [0.717, 1.165) is 58.3 Å². The smallest absolute Gasteiger partial charge is 0.226 e. The van der Waals surface area contributed by atoms with Crippen LogP contribution >= 0.6 is 24.8 Å². The van der Waals surface area contributed by atoms with Crippen LogP contribution in [0.5, 0.6) is 0 Å². The van der Waals surface area contributed by atoms with Crippen molar-refractivity contribution in [2.24, 2.45) is 11.8 Å². The van der Waals surface area contributed by atoms with Gasteiger partial charge in [0.15, 0.2) is 0 Å². The zero-order valence-electron chi connectivity index (χ0n) is 13.4. The SMILES string of the molecule is Cl.Cl.O=C(C1CCCNC1)N1CCC(Cc2cccnc2)CC1. The molecule has 1 unspecified atom stereocenters. The van der Waals surface area contributed by atoms with Crippen LogP contribution in [0.2, 0.25) is 0 Å². The summed E-state index contributed by atoms with van der Waals surface area (Å²) in [5.41, 5.74) is 1.32. The predicted octanol–water partition coefficient (Wildman–Crippen LogP) is 2.71. The van der Waals surface area contributed by atoms with Gasteiger partial charge in [-0.2, -0.15) is 0 Å². The summed E-state index contributed by atoms with van der Waals surface area (Å²) in [6.45, 7) is 3.80. The molecular weight excluding hydrogens is 333 g/mol. The van der Waals surface area contributed by atoms with Gasteiger partial charge in [-0.1, -0.05) is 6.07 Å². The summed E-state index contributed by atoms with van der Waals surface area (Å²) < 4.78 is 0. The lowest BCUT2D eigenvalue weighted by Gasteiger charge is -2.35. The van der Waals surface area contributed by atoms with Gasteiger partial charge in [-0.25, -0.2) is 0 Å². The quantitative estimate of drug-likeness (QED) is 0.902. The summed E-state index contributed by atoms with van der Waals surface area (Å²) in [6, 6.07) is 4.16. The van der Waals surface area contributed by atoms with Crippen LogP contribution in [0.3, 0.4) is 0 Å². The number of carbonyl (C=O) groups excluding carboxylic acids is 1. The van der Waals surface area contributed by atoms with Crippen molar-refractivity contribution in [1.82, 2.24) is 15.2 Å². The summed E-state index contributed by atoms with van der Waals surface area (Å²) in [4.78, 5) is 18.8. The summed E-state index contributed by atoms with van der Waals surface area (Å²) >= 11 is 0. The Labute approximate surface area is 151 Å². The second kappa shape index (κ2) is 10.1. The van der Waals surface area contributed by atoms with Gasteiger partial charge in [0.05, 0.1) is 5.92 Å². The maximum Gasteiger partial charge on any atom is 0.226 e. The predicted molar refractivity (Wildman–Crippen MR) is 97.3 cm³/mol. The Balaban J connectivity index is 0.00000132. The van der Waals surface area contributed by atoms with E-state index in [1.807, 2.05) is 18.5 Å². The molecule has 2 fully saturated rings. The van der Waals surface area contributed by atoms with Crippen molar-refractivity contribution in [3.8, 4) is 0 Å². The van der Waals surface area contributed by atoms with Gasteiger partial charge in [0.2, 0.25) is 5.91 Å². The van der Waals surface area contributed by atoms with Gasteiger partial charge in [0.1, 0.15) is 0 Å². The number of halogens is 2. The topological polar surface area (TPSA) is 45.2 Å². The number of rotatable bonds is 3. The molecule has 3 heterocycles. The molecule has 1 aromatic heterocycles. The Morgan fingerprint density at radius 3 is 2.65 bits per heavy atom. The minimum absolute atomic E-state index is 0. The van der Waals surface area contributed by atoms with Crippen LogP contribution < -0.4 is 5.32 Å². The van der Waals surface area contributed by atoms with E-state index in [1.54, 1.807) is 0 Å². The first-order valence-electron chi connectivity index (χ1n) is 8.21. The first-order valence-corrected chi connectivity index (χ1v) is 8.21. The third kappa shape index (κ3) is 5.63. The van der Waals surface area contributed by atoms with Gasteiger partial charge >= 0.3 is 0 Å². The number of amides is 1. The van der Waals surface area contributed by atoms with Gasteiger partial charge < -0.3 is 10.2 Å². The molecule has 2 aliphatic rings. The standard InChI is InChI=1S/C17H25N3O.2ClH/c21-17(16-4-2-8-19-13-16)20-9-5-14(6-10-20)11-15-3-1-7-18-12-15;;/h1,3,7,12,14,16,19H,2,4-6,8-11,13H2;2*1H. The fourth-order valence-corrected chi connectivity index (χ4v) is 3.53. The molecule has 0 bridgehead atoms. The number of piperidine rings is 2. The molecule has 0 aliphatic carbocycles. The molecule has 1 aromatic rings. The van der Waals surface area contributed by atoms with Gasteiger partial charge in [-0.15, -0.1) is 24.8 Å². The molecule has 23 heavy (non-hydrogen) atoms. The van der Waals surface area contributed by atoms with E-state index in [-0.39, 0.29) is 30.7 Å². The largest absolute Gasteiger partial charge is 0.342 e. The number of hydrogen-bond acceptors (Lipinski definition) is 3. The third-order valence-electron chi connectivity index (χ3n) is 4.82. The average molecular weight is 360 g/mol. The number of carbonyl (C=O) groups is 1. The van der Waals surface area contributed by atoms with E-state index in [4.69, 9.17) is 0 Å². The van der Waals surface area contributed by atoms with Crippen molar-refractivity contribution in [3.63, 3.8) is 0 Å². The molecule has 0 radical (unpaired) electrons. The highest BCUT2D eigenvalue weighted by Gasteiger charge is 2.29. The van der Waals surface area contributed by atoms with Gasteiger partial charge in [-0.05, 0) is 56.2 Å². The van der Waals surface area contributed by atoms with Gasteiger partial charge in [0, 0.05) is 32.0 Å². The lowest BCUT2D eigenvalue weighted by atomic mass is 9.89. The maximum absolute atomic E-state index is 12.5. The monoisotopic (exact) mass is 359 g/mol. The highest BCUT2D eigenvalue weighted by Crippen LogP contribution is 2.23. The van der Waals surface area contributed by atoms with Crippen molar-refractivity contribution < 1.29 is 4.79 Å². The molecule has 130 valence electrons. The van der Waals surface area contributed by atoms with E-state index >= 15 is 0 Å². The van der Waals surface area contributed by atoms with Gasteiger partial charge in [0.25, 0.3) is 0 Å². The molecular formula is C17H27Cl2N3O. The number of nitrogens with one attached hydrogen (secondary N) is 1. The zero-order chi connectivity index (χ0) is 14.5. The molecule has 1 N–H and O–H groups in total. The normalized spacial score (nSPS) is 21.9. The number of aromatic nitrogens is 1. The van der Waals surface area contributed by atoms with E-state index < -0.39 is 0 Å². The van der Waals surface area contributed by atoms with E-state index in [2.05, 4.69) is 21.3 Å². The zero-order valence-corrected chi connectivity index (χ0v) is 15.1. The maximum atomic E-state index is 12.5. The molecule has 0 aromatic carbocycles. The number of likely N-dealkylation sites (tertiary alicyclic amines) is 1. The Morgan fingerprint density at radius 2 is 2.04 bits per heavy atom. The molecule has 2 saturated heterocycles. The van der Waals surface area contributed by atoms with Crippen molar-refractivity contribution in [2.75, 3.05) is 26.2 Å². The number of pyridine rings is 1. The molecule has 3 rings (SSSR count). The molecule has 0 spiro atoms. The Bertz CT molecular complexity index is 458. The van der Waals surface area contributed by atoms with Crippen molar-refractivity contribution in [1.29, 1.82) is 0 Å². The van der Waals surface area contributed by atoms with Crippen molar-refractivity contribution in [2.45, 2.75) is 32.1 Å². The number of hydrogen-bond donors (Lipinski definition) is 1. The van der Waals surface area contributed by atoms with Crippen LogP contribution in [-0.2, 0) is 11.2 Å². The summed E-state index contributed by atoms with van der Waals surface area (Å²) in [5, 5.41) is 3.34. The Hall–Kier alpha value is -0.840. The van der Waals surface area contributed by atoms with Crippen LogP contribution in [0.15, 0.2) is 24.5 Å². The summed E-state index contributed by atoms with van der Waals surface area (Å²) in [5.74, 6) is 1.29. The van der Waals surface area contributed by atoms with Crippen LogP contribution in [0, 0.1) is 11.8 Å².